The van der Waals surface area contributed by atoms with Crippen molar-refractivity contribution in [3.05, 3.63) is 65.0 Å². The number of hydrogen-bond acceptors (Lipinski definition) is 5. The summed E-state index contributed by atoms with van der Waals surface area (Å²) in [5, 5.41) is 1.66. The number of hydrogen-bond donors (Lipinski definition) is 0. The number of fused-ring (bicyclic) bond motifs is 2. The first kappa shape index (κ1) is 24.5. The van der Waals surface area contributed by atoms with Crippen molar-refractivity contribution in [2.75, 3.05) is 24.7 Å². The highest BCUT2D eigenvalue weighted by Crippen LogP contribution is 2.46. The fraction of sp³-hybridized carbons (Fsp3) is 0.357. The highest BCUT2D eigenvalue weighted by atomic mass is 19.1. The van der Waals surface area contributed by atoms with Crippen LogP contribution in [0.3, 0.4) is 0 Å². The minimum absolute atomic E-state index is 0.0331. The Morgan fingerprint density at radius 2 is 1.63 bits per heavy atom. The van der Waals surface area contributed by atoms with Crippen LogP contribution in [0, 0.1) is 5.82 Å². The number of halogens is 1. The van der Waals surface area contributed by atoms with Gasteiger partial charge in [0.1, 0.15) is 17.3 Å². The Hall–Kier alpha value is -3.61. The van der Waals surface area contributed by atoms with E-state index in [2.05, 4.69) is 0 Å². The molecule has 0 bridgehead atoms. The zero-order chi connectivity index (χ0) is 24.9. The molecule has 1 heterocycles. The second-order valence-corrected chi connectivity index (χ2v) is 8.41. The van der Waals surface area contributed by atoms with Crippen LogP contribution in [0.4, 0.5) is 10.1 Å². The average molecular weight is 480 g/mol. The van der Waals surface area contributed by atoms with Crippen LogP contribution in [0.1, 0.15) is 55.1 Å². The van der Waals surface area contributed by atoms with E-state index >= 15 is 4.39 Å². The Balaban J connectivity index is 1.78. The highest BCUT2D eigenvalue weighted by molar-refractivity contribution is 6.17. The van der Waals surface area contributed by atoms with Gasteiger partial charge in [-0.25, -0.2) is 4.39 Å². The van der Waals surface area contributed by atoms with E-state index in [9.17, 15) is 9.59 Å². The summed E-state index contributed by atoms with van der Waals surface area (Å²) < 4.78 is 32.4. The lowest BCUT2D eigenvalue weighted by Crippen LogP contribution is -2.24. The molecule has 1 aliphatic rings. The molecule has 0 spiro atoms. The molecule has 0 radical (unpaired) electrons. The molecule has 7 heteroatoms. The zero-order valence-corrected chi connectivity index (χ0v) is 20.4. The molecule has 6 nitrogen and oxygen atoms in total. The van der Waals surface area contributed by atoms with Gasteiger partial charge in [0.05, 0.1) is 44.0 Å². The van der Waals surface area contributed by atoms with Crippen molar-refractivity contribution in [3.8, 4) is 11.5 Å². The third-order valence-electron chi connectivity index (χ3n) is 5.85. The molecule has 1 amide bonds. The van der Waals surface area contributed by atoms with Gasteiger partial charge in [0, 0.05) is 16.3 Å². The maximum atomic E-state index is 15.2. The Labute approximate surface area is 204 Å². The van der Waals surface area contributed by atoms with E-state index in [1.54, 1.807) is 13.0 Å². The third kappa shape index (κ3) is 4.81. The van der Waals surface area contributed by atoms with Gasteiger partial charge in [-0.3, -0.25) is 9.59 Å². The van der Waals surface area contributed by atoms with Crippen molar-refractivity contribution in [2.45, 2.75) is 46.6 Å². The van der Waals surface area contributed by atoms with E-state index in [0.717, 1.165) is 23.6 Å². The topological polar surface area (TPSA) is 65.1 Å². The molecule has 184 valence electrons. The molecule has 4 rings (SSSR count). The maximum absolute atomic E-state index is 15.2. The van der Waals surface area contributed by atoms with Gasteiger partial charge in [-0.05, 0) is 37.5 Å². The van der Waals surface area contributed by atoms with Crippen LogP contribution in [0.25, 0.3) is 10.8 Å². The smallest absolute Gasteiger partial charge is 0.310 e. The number of benzene rings is 3. The van der Waals surface area contributed by atoms with Crippen molar-refractivity contribution in [2.24, 2.45) is 0 Å². The fourth-order valence-electron chi connectivity index (χ4n) is 4.34. The first-order valence-corrected chi connectivity index (χ1v) is 12.1. The van der Waals surface area contributed by atoms with Crippen molar-refractivity contribution < 1.29 is 28.2 Å². The Morgan fingerprint density at radius 1 is 0.971 bits per heavy atom. The molecule has 35 heavy (non-hydrogen) atoms. The lowest BCUT2D eigenvalue weighted by Gasteiger charge is -2.17. The highest BCUT2D eigenvalue weighted by Gasteiger charge is 2.37. The minimum Gasteiger partial charge on any atom is -0.493 e. The number of nitrogens with zero attached hydrogens (tertiary/aromatic N) is 1. The molecule has 3 aromatic carbocycles. The Bertz CT molecular complexity index is 1260. The van der Waals surface area contributed by atoms with E-state index in [-0.39, 0.29) is 31.2 Å². The second-order valence-electron chi connectivity index (χ2n) is 8.41. The largest absolute Gasteiger partial charge is 0.493 e. The van der Waals surface area contributed by atoms with E-state index in [1.165, 1.54) is 17.0 Å². The molecule has 0 fully saturated rings. The van der Waals surface area contributed by atoms with Crippen molar-refractivity contribution in [3.63, 3.8) is 0 Å². The molecule has 0 saturated carbocycles. The lowest BCUT2D eigenvalue weighted by molar-refractivity contribution is -0.142. The SMILES string of the molecule is CCCOc1c2c(c(OCCC)c3ccccc13)C(=O)N(c1ccc(CC(=O)OCC)cc1F)C2. The first-order chi connectivity index (χ1) is 17.0. The molecule has 0 saturated heterocycles. The van der Waals surface area contributed by atoms with E-state index in [4.69, 9.17) is 14.2 Å². The minimum atomic E-state index is -0.579. The number of esters is 1. The predicted molar refractivity (Wildman–Crippen MR) is 133 cm³/mol. The van der Waals surface area contributed by atoms with Crippen LogP contribution >= 0.6 is 0 Å². The van der Waals surface area contributed by atoms with Crippen molar-refractivity contribution in [1.29, 1.82) is 0 Å². The molecule has 0 N–H and O–H groups in total. The quantitative estimate of drug-likeness (QED) is 0.343. The molecule has 3 aromatic rings. The summed E-state index contributed by atoms with van der Waals surface area (Å²) in [7, 11) is 0. The van der Waals surface area contributed by atoms with Gasteiger partial charge in [-0.1, -0.05) is 44.2 Å². The van der Waals surface area contributed by atoms with Gasteiger partial charge in [0.15, 0.2) is 0 Å². The van der Waals surface area contributed by atoms with E-state index < -0.39 is 11.8 Å². The Morgan fingerprint density at radius 3 is 2.26 bits per heavy atom. The number of anilines is 1. The summed E-state index contributed by atoms with van der Waals surface area (Å²) in [4.78, 5) is 26.9. The molecular weight excluding hydrogens is 449 g/mol. The standard InChI is InChI=1S/C28H30FNO5/c1-4-13-34-26-19-9-7-8-10-20(19)27(35-14-5-2)25-21(26)17-30(28(25)32)23-12-11-18(15-22(23)29)16-24(31)33-6-3/h7-12,15H,4-6,13-14,16-17H2,1-3H3. The summed E-state index contributed by atoms with van der Waals surface area (Å²) in [5.74, 6) is -0.198. The van der Waals surface area contributed by atoms with Gasteiger partial charge in [0.2, 0.25) is 0 Å². The van der Waals surface area contributed by atoms with Crippen LogP contribution in [0.15, 0.2) is 42.5 Å². The normalized spacial score (nSPS) is 12.7. The summed E-state index contributed by atoms with van der Waals surface area (Å²) in [6.45, 7) is 7.12. The Kier molecular flexibility index (Phi) is 7.54. The van der Waals surface area contributed by atoms with Crippen LogP contribution < -0.4 is 14.4 Å². The molecule has 0 aromatic heterocycles. The molecule has 0 atom stereocenters. The second kappa shape index (κ2) is 10.8. The lowest BCUT2D eigenvalue weighted by atomic mass is 9.99. The van der Waals surface area contributed by atoms with E-state index in [0.29, 0.717) is 41.4 Å². The van der Waals surface area contributed by atoms with Crippen LogP contribution in [0.2, 0.25) is 0 Å². The van der Waals surface area contributed by atoms with Crippen molar-refractivity contribution in [1.82, 2.24) is 0 Å². The van der Waals surface area contributed by atoms with Crippen molar-refractivity contribution >= 4 is 28.3 Å². The number of ether oxygens (including phenoxy) is 3. The van der Waals surface area contributed by atoms with Gasteiger partial charge < -0.3 is 19.1 Å². The molecule has 1 aliphatic heterocycles. The fourth-order valence-corrected chi connectivity index (χ4v) is 4.34. The molecular formula is C28H30FNO5. The van der Waals surface area contributed by atoms with Gasteiger partial charge in [0.25, 0.3) is 5.91 Å². The predicted octanol–water partition coefficient (Wildman–Crippen LogP) is 5.82. The van der Waals surface area contributed by atoms with Gasteiger partial charge in [-0.15, -0.1) is 0 Å². The van der Waals surface area contributed by atoms with Crippen LogP contribution in [-0.2, 0) is 22.5 Å². The molecule has 0 unspecified atom stereocenters. The first-order valence-electron chi connectivity index (χ1n) is 12.1. The zero-order valence-electron chi connectivity index (χ0n) is 20.4. The third-order valence-corrected chi connectivity index (χ3v) is 5.85. The molecule has 0 aliphatic carbocycles. The number of carbonyl (C=O) groups is 2. The number of rotatable bonds is 10. The van der Waals surface area contributed by atoms with E-state index in [1.807, 2.05) is 38.1 Å². The van der Waals surface area contributed by atoms with Gasteiger partial charge >= 0.3 is 5.97 Å². The number of carbonyl (C=O) groups excluding carboxylic acids is 2. The van der Waals surface area contributed by atoms with Crippen LogP contribution in [0.5, 0.6) is 11.5 Å². The summed E-state index contributed by atoms with van der Waals surface area (Å²) >= 11 is 0. The van der Waals surface area contributed by atoms with Gasteiger partial charge in [-0.2, -0.15) is 0 Å². The monoisotopic (exact) mass is 479 g/mol. The summed E-state index contributed by atoms with van der Waals surface area (Å²) in [6.07, 6.45) is 1.56. The summed E-state index contributed by atoms with van der Waals surface area (Å²) in [5.41, 5.74) is 1.74. The average Bonchev–Trinajstić information content (AvgIpc) is 3.18. The van der Waals surface area contributed by atoms with Crippen LogP contribution in [-0.4, -0.2) is 31.7 Å². The number of amides is 1. The summed E-state index contributed by atoms with van der Waals surface area (Å²) in [6, 6.07) is 12.2. The maximum Gasteiger partial charge on any atom is 0.310 e.